The third-order valence-electron chi connectivity index (χ3n) is 6.24. The second-order valence-corrected chi connectivity index (χ2v) is 14.7. The van der Waals surface area contributed by atoms with Crippen LogP contribution in [0.3, 0.4) is 0 Å². The van der Waals surface area contributed by atoms with E-state index in [2.05, 4.69) is 20.7 Å². The van der Waals surface area contributed by atoms with E-state index in [4.69, 9.17) is 9.47 Å². The van der Waals surface area contributed by atoms with Crippen molar-refractivity contribution in [3.05, 3.63) is 28.0 Å². The Bertz CT molecular complexity index is 995. The van der Waals surface area contributed by atoms with E-state index in [1.54, 1.807) is 11.8 Å². The number of hydrogen-bond acceptors (Lipinski definition) is 6. The molecule has 1 aromatic rings. The average Bonchev–Trinajstić information content (AvgIpc) is 2.81. The van der Waals surface area contributed by atoms with Crippen LogP contribution in [0.15, 0.2) is 16.6 Å². The molecular formula is C27H42BrFN2O6S. The van der Waals surface area contributed by atoms with Crippen LogP contribution in [0.2, 0.25) is 0 Å². The Morgan fingerprint density at radius 2 is 1.74 bits per heavy atom. The van der Waals surface area contributed by atoms with Gasteiger partial charge in [0.05, 0.1) is 21.9 Å². The minimum atomic E-state index is -1.36. The molecule has 1 heterocycles. The van der Waals surface area contributed by atoms with Crippen molar-refractivity contribution in [1.29, 1.82) is 0 Å². The van der Waals surface area contributed by atoms with Crippen LogP contribution in [0.1, 0.15) is 78.6 Å². The lowest BCUT2D eigenvalue weighted by atomic mass is 9.90. The second-order valence-electron chi connectivity index (χ2n) is 11.7. The lowest BCUT2D eigenvalue weighted by molar-refractivity contribution is 0.0154. The summed E-state index contributed by atoms with van der Waals surface area (Å²) >= 11 is 3.29. The maximum Gasteiger partial charge on any atom is 0.410 e. The fourth-order valence-electron chi connectivity index (χ4n) is 4.26. The van der Waals surface area contributed by atoms with Gasteiger partial charge in [-0.3, -0.25) is 0 Å². The molecular weight excluding hydrogens is 579 g/mol. The van der Waals surface area contributed by atoms with Gasteiger partial charge in [-0.15, -0.1) is 0 Å². The molecule has 216 valence electrons. The van der Waals surface area contributed by atoms with Gasteiger partial charge in [0.25, 0.3) is 0 Å². The minimum absolute atomic E-state index is 0.0232. The molecule has 0 spiro atoms. The number of methoxy groups -OCH3 is 1. The van der Waals surface area contributed by atoms with E-state index in [-0.39, 0.29) is 33.8 Å². The number of esters is 1. The van der Waals surface area contributed by atoms with Gasteiger partial charge in [-0.05, 0) is 102 Å². The van der Waals surface area contributed by atoms with Crippen molar-refractivity contribution in [3.63, 3.8) is 0 Å². The molecule has 1 fully saturated rings. The Hall–Kier alpha value is -1.72. The van der Waals surface area contributed by atoms with Crippen LogP contribution >= 0.6 is 15.9 Å². The van der Waals surface area contributed by atoms with Crippen LogP contribution in [0.4, 0.5) is 9.18 Å². The normalized spacial score (nSPS) is 17.6. The molecule has 1 aliphatic heterocycles. The van der Waals surface area contributed by atoms with Gasteiger partial charge in [-0.2, -0.15) is 0 Å². The number of halogens is 2. The highest BCUT2D eigenvalue weighted by Gasteiger charge is 2.37. The van der Waals surface area contributed by atoms with E-state index in [9.17, 15) is 18.2 Å². The van der Waals surface area contributed by atoms with Gasteiger partial charge in [0.2, 0.25) is 0 Å². The summed E-state index contributed by atoms with van der Waals surface area (Å²) in [5, 5.41) is 0. The third-order valence-corrected chi connectivity index (χ3v) is 8.78. The van der Waals surface area contributed by atoms with Gasteiger partial charge in [0.1, 0.15) is 22.7 Å². The second kappa shape index (κ2) is 13.1. The van der Waals surface area contributed by atoms with Crippen molar-refractivity contribution in [2.24, 2.45) is 5.92 Å². The zero-order valence-electron chi connectivity index (χ0n) is 23.9. The summed E-state index contributed by atoms with van der Waals surface area (Å²) in [6.45, 7) is 16.6. The molecule has 1 saturated heterocycles. The first-order valence-electron chi connectivity index (χ1n) is 12.8. The summed E-state index contributed by atoms with van der Waals surface area (Å²) in [7, 11) is -0.127. The number of ether oxygens (including phenoxy) is 3. The van der Waals surface area contributed by atoms with Crippen LogP contribution in [0.5, 0.6) is 5.75 Å². The Labute approximate surface area is 237 Å². The number of piperidine rings is 1. The van der Waals surface area contributed by atoms with E-state index in [1.807, 2.05) is 52.8 Å². The lowest BCUT2D eigenvalue weighted by Gasteiger charge is -2.41. The molecule has 0 N–H and O–H groups in total. The smallest absolute Gasteiger partial charge is 0.410 e. The first kappa shape index (κ1) is 32.5. The number of likely N-dealkylation sites (tertiary alicyclic amines) is 1. The summed E-state index contributed by atoms with van der Waals surface area (Å²) in [6.07, 6.45) is 0.678. The zero-order valence-corrected chi connectivity index (χ0v) is 26.3. The van der Waals surface area contributed by atoms with Crippen molar-refractivity contribution >= 4 is 39.0 Å². The van der Waals surface area contributed by atoms with Gasteiger partial charge >= 0.3 is 12.1 Å². The monoisotopic (exact) mass is 620 g/mol. The molecule has 0 aromatic heterocycles. The highest BCUT2D eigenvalue weighted by Crippen LogP contribution is 2.33. The van der Waals surface area contributed by atoms with Crippen molar-refractivity contribution in [2.45, 2.75) is 90.7 Å². The van der Waals surface area contributed by atoms with E-state index in [0.717, 1.165) is 18.9 Å². The molecule has 0 unspecified atom stereocenters. The van der Waals surface area contributed by atoms with Crippen LogP contribution in [-0.2, 0) is 20.5 Å². The Morgan fingerprint density at radius 3 is 2.21 bits per heavy atom. The van der Waals surface area contributed by atoms with E-state index >= 15 is 0 Å². The Morgan fingerprint density at radius 1 is 1.16 bits per heavy atom. The number of hydrogen-bond donors (Lipinski definition) is 0. The van der Waals surface area contributed by atoms with E-state index in [1.165, 1.54) is 13.2 Å². The molecule has 38 heavy (non-hydrogen) atoms. The average molecular weight is 622 g/mol. The number of amides is 1. The number of nitrogens with zero attached hydrogens (tertiary/aromatic N) is 2. The molecule has 0 saturated carbocycles. The molecule has 1 aliphatic rings. The molecule has 0 aliphatic carbocycles. The quantitative estimate of drug-likeness (QED) is 0.334. The molecule has 1 aromatic carbocycles. The third kappa shape index (κ3) is 8.91. The fourth-order valence-corrected chi connectivity index (χ4v) is 6.32. The van der Waals surface area contributed by atoms with Gasteiger partial charge in [-0.25, -0.2) is 22.5 Å². The summed E-state index contributed by atoms with van der Waals surface area (Å²) < 4.78 is 46.3. The van der Waals surface area contributed by atoms with Gasteiger partial charge in [-0.1, -0.05) is 0 Å². The molecule has 0 radical (unpaired) electrons. The van der Waals surface area contributed by atoms with Crippen LogP contribution in [0.25, 0.3) is 0 Å². The van der Waals surface area contributed by atoms with Gasteiger partial charge in [0.15, 0.2) is 11.6 Å². The fraction of sp³-hybridized carbons (Fsp3) is 0.704. The molecule has 1 amide bonds. The molecule has 2 rings (SSSR count). The maximum atomic E-state index is 14.8. The van der Waals surface area contributed by atoms with Gasteiger partial charge in [0, 0.05) is 25.7 Å². The molecule has 11 heteroatoms. The molecule has 0 bridgehead atoms. The van der Waals surface area contributed by atoms with Gasteiger partial charge < -0.3 is 19.1 Å². The molecule has 8 nitrogen and oxygen atoms in total. The largest absolute Gasteiger partial charge is 0.485 e. The number of benzene rings is 1. The predicted molar refractivity (Wildman–Crippen MR) is 150 cm³/mol. The number of carbonyl (C=O) groups excluding carboxylic acids is 2. The minimum Gasteiger partial charge on any atom is -0.485 e. The lowest BCUT2D eigenvalue weighted by Crippen LogP contribution is -2.51. The van der Waals surface area contributed by atoms with Crippen molar-refractivity contribution in [2.75, 3.05) is 26.7 Å². The summed E-state index contributed by atoms with van der Waals surface area (Å²) in [5.74, 6) is -1.17. The Balaban J connectivity index is 2.15. The summed E-state index contributed by atoms with van der Waals surface area (Å²) in [5.41, 5.74) is -0.482. The highest BCUT2D eigenvalue weighted by molar-refractivity contribution is 9.10. The SMILES string of the molecule is COC(=O)c1cc(F)c(O[C@@H](C)CN([C@@H](C)C2CCN(C(=O)OC(C)(C)C)CC2)[S@@](=O)C(C)(C)C)c(Br)c1. The first-order valence-corrected chi connectivity index (χ1v) is 14.7. The molecule has 3 atom stereocenters. The van der Waals surface area contributed by atoms with Crippen LogP contribution in [0, 0.1) is 11.7 Å². The van der Waals surface area contributed by atoms with E-state index in [0.29, 0.717) is 19.6 Å². The van der Waals surface area contributed by atoms with E-state index < -0.39 is 39.2 Å². The number of rotatable bonds is 8. The highest BCUT2D eigenvalue weighted by atomic mass is 79.9. The van der Waals surface area contributed by atoms with Crippen LogP contribution < -0.4 is 4.74 Å². The summed E-state index contributed by atoms with van der Waals surface area (Å²) in [4.78, 5) is 26.0. The maximum absolute atomic E-state index is 14.8. The van der Waals surface area contributed by atoms with Crippen molar-refractivity contribution in [3.8, 4) is 5.75 Å². The number of carbonyl (C=O) groups is 2. The van der Waals surface area contributed by atoms with Crippen LogP contribution in [-0.4, -0.2) is 74.7 Å². The van der Waals surface area contributed by atoms with Crippen molar-refractivity contribution < 1.29 is 32.4 Å². The predicted octanol–water partition coefficient (Wildman–Crippen LogP) is 5.94. The standard InChI is InChI=1S/C27H42BrFN2O6S/c1-17(36-23-21(28)14-20(15-22(23)29)24(32)35-9)16-31(38(34)27(6,7)8)18(2)19-10-12-30(13-11-19)25(33)37-26(3,4)5/h14-15,17-19H,10-13,16H2,1-9H3/t17-,18-,38-/m0/s1. The first-order chi connectivity index (χ1) is 17.4. The summed E-state index contributed by atoms with van der Waals surface area (Å²) in [6, 6.07) is 2.45. The topological polar surface area (TPSA) is 85.4 Å². The zero-order chi connectivity index (χ0) is 29.0. The van der Waals surface area contributed by atoms with Crippen molar-refractivity contribution in [1.82, 2.24) is 9.21 Å². The Kier molecular flexibility index (Phi) is 11.2.